The lowest BCUT2D eigenvalue weighted by molar-refractivity contribution is 0.0781. The molecule has 0 spiro atoms. The average molecular weight is 407 g/mol. The van der Waals surface area contributed by atoms with E-state index < -0.39 is 0 Å². The number of hydrogen-bond acceptors (Lipinski definition) is 4. The van der Waals surface area contributed by atoms with Crippen molar-refractivity contribution in [1.29, 1.82) is 0 Å². The Balaban J connectivity index is 1.66. The number of nitrogens with zero attached hydrogens (tertiary/aromatic N) is 4. The van der Waals surface area contributed by atoms with Gasteiger partial charge in [0.1, 0.15) is 5.82 Å². The van der Waals surface area contributed by atoms with Crippen LogP contribution in [0.2, 0.25) is 0 Å². The van der Waals surface area contributed by atoms with Gasteiger partial charge in [-0.25, -0.2) is 4.98 Å². The summed E-state index contributed by atoms with van der Waals surface area (Å²) in [4.78, 5) is 34.8. The molecule has 4 rings (SSSR count). The maximum absolute atomic E-state index is 13.0. The first-order chi connectivity index (χ1) is 13.9. The third-order valence-corrected chi connectivity index (χ3v) is 5.47. The summed E-state index contributed by atoms with van der Waals surface area (Å²) in [6.07, 6.45) is 0. The molecule has 2 heterocycles. The van der Waals surface area contributed by atoms with Gasteiger partial charge in [0.05, 0.1) is 28.5 Å². The van der Waals surface area contributed by atoms with Crippen LogP contribution < -0.4 is 5.56 Å². The Morgan fingerprint density at radius 2 is 2.00 bits per heavy atom. The Bertz CT molecular complexity index is 1370. The number of carbonyl (C=O) groups is 1. The molecule has 2 aromatic heterocycles. The number of amides is 1. The van der Waals surface area contributed by atoms with Crippen LogP contribution in [0, 0.1) is 4.77 Å². The summed E-state index contributed by atoms with van der Waals surface area (Å²) in [5.41, 5.74) is 2.81. The monoisotopic (exact) mass is 407 g/mol. The van der Waals surface area contributed by atoms with E-state index in [1.165, 1.54) is 4.57 Å². The lowest BCUT2D eigenvalue weighted by Gasteiger charge is -2.17. The van der Waals surface area contributed by atoms with Crippen LogP contribution in [0.1, 0.15) is 23.1 Å². The standard InChI is InChI=1S/C21H21N5O2S/c1-4-26-20(28)14-10-9-13(11-16(14)23-21(26)29)19(27)24(2)12-18-22-15-7-5-6-8-17(15)25(18)3/h5-11H,4,12H2,1-3H3,(H,23,29). The molecule has 1 amide bonds. The Hall–Kier alpha value is -3.26. The van der Waals surface area contributed by atoms with Gasteiger partial charge >= 0.3 is 0 Å². The van der Waals surface area contributed by atoms with Gasteiger partial charge in [-0.15, -0.1) is 0 Å². The van der Waals surface area contributed by atoms with Gasteiger partial charge in [0.15, 0.2) is 4.77 Å². The fourth-order valence-electron chi connectivity index (χ4n) is 3.52. The fourth-order valence-corrected chi connectivity index (χ4v) is 3.84. The summed E-state index contributed by atoms with van der Waals surface area (Å²) in [6.45, 7) is 2.73. The molecule has 7 nitrogen and oxygen atoms in total. The third-order valence-electron chi connectivity index (χ3n) is 5.15. The summed E-state index contributed by atoms with van der Waals surface area (Å²) in [5.74, 6) is 0.644. The first-order valence-electron chi connectivity index (χ1n) is 9.33. The predicted octanol–water partition coefficient (Wildman–Crippen LogP) is 3.24. The van der Waals surface area contributed by atoms with Crippen molar-refractivity contribution in [1.82, 2.24) is 24.0 Å². The van der Waals surface area contributed by atoms with Crippen LogP contribution in [0.5, 0.6) is 0 Å². The lowest BCUT2D eigenvalue weighted by Crippen LogP contribution is -2.28. The smallest absolute Gasteiger partial charge is 0.262 e. The van der Waals surface area contributed by atoms with Gasteiger partial charge in [-0.2, -0.15) is 0 Å². The first kappa shape index (κ1) is 19.1. The second-order valence-corrected chi connectivity index (χ2v) is 7.36. The molecule has 0 unspecified atom stereocenters. The van der Waals surface area contributed by atoms with Gasteiger partial charge in [-0.1, -0.05) is 12.1 Å². The number of benzene rings is 2. The molecule has 29 heavy (non-hydrogen) atoms. The number of aromatic nitrogens is 4. The fraction of sp³-hybridized carbons (Fsp3) is 0.238. The van der Waals surface area contributed by atoms with E-state index in [4.69, 9.17) is 12.2 Å². The van der Waals surface area contributed by atoms with Crippen LogP contribution >= 0.6 is 12.2 Å². The van der Waals surface area contributed by atoms with E-state index >= 15 is 0 Å². The Labute approximate surface area is 172 Å². The first-order valence-corrected chi connectivity index (χ1v) is 9.74. The molecule has 0 aliphatic heterocycles. The minimum absolute atomic E-state index is 0.154. The zero-order chi connectivity index (χ0) is 20.7. The van der Waals surface area contributed by atoms with Crippen molar-refractivity contribution in [2.24, 2.45) is 7.05 Å². The molecule has 4 aromatic rings. The van der Waals surface area contributed by atoms with Crippen LogP contribution in [0.15, 0.2) is 47.3 Å². The van der Waals surface area contributed by atoms with Crippen molar-refractivity contribution < 1.29 is 4.79 Å². The number of para-hydroxylation sites is 2. The molecule has 8 heteroatoms. The van der Waals surface area contributed by atoms with Gasteiger partial charge in [-0.3, -0.25) is 14.2 Å². The molecule has 0 saturated heterocycles. The molecule has 0 atom stereocenters. The number of nitrogens with one attached hydrogen (secondary N) is 1. The quantitative estimate of drug-likeness (QED) is 0.527. The van der Waals surface area contributed by atoms with Crippen LogP contribution in [0.3, 0.4) is 0 Å². The Morgan fingerprint density at radius 3 is 2.72 bits per heavy atom. The Morgan fingerprint density at radius 1 is 1.24 bits per heavy atom. The van der Waals surface area contributed by atoms with Gasteiger partial charge in [0, 0.05) is 26.2 Å². The summed E-state index contributed by atoms with van der Waals surface area (Å²) < 4.78 is 3.84. The van der Waals surface area contributed by atoms with Gasteiger partial charge < -0.3 is 14.5 Å². The highest BCUT2D eigenvalue weighted by atomic mass is 32.1. The van der Waals surface area contributed by atoms with Crippen molar-refractivity contribution >= 4 is 40.1 Å². The molecule has 1 N–H and O–H groups in total. The molecule has 0 aliphatic rings. The van der Waals surface area contributed by atoms with Crippen molar-refractivity contribution in [2.45, 2.75) is 20.0 Å². The second-order valence-electron chi connectivity index (χ2n) is 6.98. The second kappa shape index (κ2) is 7.29. The van der Waals surface area contributed by atoms with Gasteiger partial charge in [0.2, 0.25) is 0 Å². The Kier molecular flexibility index (Phi) is 4.79. The van der Waals surface area contributed by atoms with E-state index in [0.29, 0.717) is 34.3 Å². The van der Waals surface area contributed by atoms with E-state index in [1.54, 1.807) is 30.1 Å². The normalized spacial score (nSPS) is 11.3. The molecule has 0 aliphatic carbocycles. The van der Waals surface area contributed by atoms with Crippen molar-refractivity contribution in [3.63, 3.8) is 0 Å². The molecule has 0 bridgehead atoms. The van der Waals surface area contributed by atoms with Crippen LogP contribution in [0.25, 0.3) is 21.9 Å². The molecule has 148 valence electrons. The minimum Gasteiger partial charge on any atom is -0.334 e. The van der Waals surface area contributed by atoms with Crippen LogP contribution in [-0.4, -0.2) is 37.0 Å². The lowest BCUT2D eigenvalue weighted by atomic mass is 10.1. The van der Waals surface area contributed by atoms with Gasteiger partial charge in [0.25, 0.3) is 11.5 Å². The van der Waals surface area contributed by atoms with E-state index in [-0.39, 0.29) is 11.5 Å². The molecule has 0 radical (unpaired) electrons. The number of hydrogen-bond donors (Lipinski definition) is 1. The molecule has 2 aromatic carbocycles. The highest BCUT2D eigenvalue weighted by Gasteiger charge is 2.17. The number of aromatic amines is 1. The topological polar surface area (TPSA) is 75.9 Å². The molecule has 0 fully saturated rings. The number of carbonyl (C=O) groups excluding carboxylic acids is 1. The summed E-state index contributed by atoms with van der Waals surface area (Å²) >= 11 is 5.26. The van der Waals surface area contributed by atoms with Crippen LogP contribution in [0.4, 0.5) is 0 Å². The van der Waals surface area contributed by atoms with E-state index in [2.05, 4.69) is 9.97 Å². The van der Waals surface area contributed by atoms with Crippen molar-refractivity contribution in [3.8, 4) is 0 Å². The van der Waals surface area contributed by atoms with Crippen molar-refractivity contribution in [3.05, 3.63) is 69.0 Å². The largest absolute Gasteiger partial charge is 0.334 e. The maximum Gasteiger partial charge on any atom is 0.262 e. The van der Waals surface area contributed by atoms with Crippen molar-refractivity contribution in [2.75, 3.05) is 7.05 Å². The highest BCUT2D eigenvalue weighted by Crippen LogP contribution is 2.17. The summed E-state index contributed by atoms with van der Waals surface area (Å²) in [7, 11) is 3.68. The van der Waals surface area contributed by atoms with Gasteiger partial charge in [-0.05, 0) is 49.5 Å². The summed E-state index contributed by atoms with van der Waals surface area (Å²) in [5, 5.41) is 0.509. The van der Waals surface area contributed by atoms with E-state index in [9.17, 15) is 9.59 Å². The maximum atomic E-state index is 13.0. The number of aryl methyl sites for hydroxylation is 1. The number of H-pyrrole nitrogens is 1. The summed E-state index contributed by atoms with van der Waals surface area (Å²) in [6, 6.07) is 12.9. The average Bonchev–Trinajstić information content (AvgIpc) is 3.03. The minimum atomic E-state index is -0.155. The number of imidazole rings is 1. The predicted molar refractivity (Wildman–Crippen MR) is 116 cm³/mol. The number of rotatable bonds is 4. The zero-order valence-electron chi connectivity index (χ0n) is 16.5. The number of fused-ring (bicyclic) bond motifs is 2. The van der Waals surface area contributed by atoms with E-state index in [0.717, 1.165) is 16.9 Å². The van der Waals surface area contributed by atoms with Crippen LogP contribution in [-0.2, 0) is 20.1 Å². The SMILES string of the molecule is CCn1c(=S)[nH]c2cc(C(=O)N(C)Cc3nc4ccccc4n3C)ccc2c1=O. The van der Waals surface area contributed by atoms with E-state index in [1.807, 2.05) is 42.8 Å². The third kappa shape index (κ3) is 3.25. The molecular weight excluding hydrogens is 386 g/mol. The molecule has 0 saturated carbocycles. The molecular formula is C21H21N5O2S. The highest BCUT2D eigenvalue weighted by molar-refractivity contribution is 7.71. The zero-order valence-corrected chi connectivity index (χ0v) is 17.3.